The summed E-state index contributed by atoms with van der Waals surface area (Å²) >= 11 is 0. The van der Waals surface area contributed by atoms with Crippen LogP contribution in [0.25, 0.3) is 0 Å². The van der Waals surface area contributed by atoms with Gasteiger partial charge in [-0.05, 0) is 6.92 Å². The second-order valence-corrected chi connectivity index (χ2v) is 7.48. The Morgan fingerprint density at radius 3 is 1.97 bits per heavy atom. The predicted molar refractivity (Wildman–Crippen MR) is 104 cm³/mol. The number of hydrogen-bond acceptors (Lipinski definition) is 10. The van der Waals surface area contributed by atoms with E-state index in [0.717, 1.165) is 6.92 Å². The molecule has 0 radical (unpaired) electrons. The average molecular weight is 451 g/mol. The van der Waals surface area contributed by atoms with Gasteiger partial charge in [0.2, 0.25) is 17.7 Å². The lowest BCUT2D eigenvalue weighted by atomic mass is 9.94. The van der Waals surface area contributed by atoms with Crippen LogP contribution < -0.4 is 16.0 Å². The van der Waals surface area contributed by atoms with Crippen molar-refractivity contribution in [3.63, 3.8) is 0 Å². The number of nitrogens with one attached hydrogen (secondary N) is 3. The lowest BCUT2D eigenvalue weighted by Crippen LogP contribution is -2.69. The average Bonchev–Trinajstić information content (AvgIpc) is 2.68. The minimum atomic E-state index is -1.78. The Labute approximate surface area is 179 Å². The lowest BCUT2D eigenvalue weighted by molar-refractivity contribution is -0.272. The number of carbonyl (C=O) groups is 3. The Kier molecular flexibility index (Phi) is 10.7. The summed E-state index contributed by atoms with van der Waals surface area (Å²) in [6.07, 6.45) is -8.55. The van der Waals surface area contributed by atoms with E-state index in [4.69, 9.17) is 9.47 Å². The van der Waals surface area contributed by atoms with Crippen LogP contribution in [0, 0.1) is 0 Å². The first kappa shape index (κ1) is 27.2. The standard InChI is InChI=1S/C18H33N3O10/c1-7-13(20-9(3)25)16(29)14(21-10(4)26)18(30-7)31-17(15(28)12(27)6-23)11(5-22)19-8(2)24/h7,11-18,22-23,27-29H,5-6H2,1-4H3,(H,19,24)(H,20,25)(H,21,26)/t7-,11-,12+,13-,14-,15-,16+,17+,18+/m1/s1. The molecule has 1 aliphatic rings. The van der Waals surface area contributed by atoms with Crippen LogP contribution in [0.4, 0.5) is 0 Å². The van der Waals surface area contributed by atoms with E-state index in [-0.39, 0.29) is 0 Å². The SMILES string of the molecule is CC(=O)N[C@H]1[C@H](O[C@H]([C@H](O)[C@@H](O)CO)[C@@H](CO)NC(C)=O)O[C@H](C)[C@@H](NC(C)=O)[C@@H]1O. The number of rotatable bonds is 10. The first-order chi connectivity index (χ1) is 14.4. The first-order valence-corrected chi connectivity index (χ1v) is 9.81. The molecule has 0 aliphatic carbocycles. The molecule has 0 aromatic carbocycles. The molecule has 3 amide bonds. The Morgan fingerprint density at radius 2 is 1.52 bits per heavy atom. The molecule has 0 unspecified atom stereocenters. The number of aliphatic hydroxyl groups is 5. The summed E-state index contributed by atoms with van der Waals surface area (Å²) in [5, 5.41) is 57.3. The fraction of sp³-hybridized carbons (Fsp3) is 0.833. The van der Waals surface area contributed by atoms with E-state index in [1.54, 1.807) is 0 Å². The van der Waals surface area contributed by atoms with Crippen molar-refractivity contribution >= 4 is 17.7 Å². The molecule has 180 valence electrons. The van der Waals surface area contributed by atoms with Crippen LogP contribution in [0.2, 0.25) is 0 Å². The van der Waals surface area contributed by atoms with E-state index in [1.807, 2.05) is 0 Å². The van der Waals surface area contributed by atoms with Crippen LogP contribution in [-0.4, -0.2) is 111 Å². The van der Waals surface area contributed by atoms with Gasteiger partial charge in [0, 0.05) is 20.8 Å². The third-order valence-corrected chi connectivity index (χ3v) is 4.81. The van der Waals surface area contributed by atoms with Crippen LogP contribution >= 0.6 is 0 Å². The highest BCUT2D eigenvalue weighted by Crippen LogP contribution is 2.25. The van der Waals surface area contributed by atoms with E-state index < -0.39 is 85.9 Å². The summed E-state index contributed by atoms with van der Waals surface area (Å²) < 4.78 is 11.4. The van der Waals surface area contributed by atoms with E-state index >= 15 is 0 Å². The Hall–Kier alpha value is -1.87. The minimum absolute atomic E-state index is 0.439. The molecule has 0 saturated carbocycles. The van der Waals surface area contributed by atoms with E-state index in [1.165, 1.54) is 20.8 Å². The summed E-state index contributed by atoms with van der Waals surface area (Å²) in [7, 11) is 0. The van der Waals surface area contributed by atoms with Crippen molar-refractivity contribution < 1.29 is 49.4 Å². The van der Waals surface area contributed by atoms with Crippen molar-refractivity contribution in [2.24, 2.45) is 0 Å². The number of amides is 3. The largest absolute Gasteiger partial charge is 0.394 e. The van der Waals surface area contributed by atoms with Crippen LogP contribution in [-0.2, 0) is 23.9 Å². The maximum absolute atomic E-state index is 11.7. The molecule has 1 heterocycles. The molecule has 0 bridgehead atoms. The monoisotopic (exact) mass is 451 g/mol. The van der Waals surface area contributed by atoms with Crippen molar-refractivity contribution in [3.8, 4) is 0 Å². The van der Waals surface area contributed by atoms with Crippen molar-refractivity contribution in [3.05, 3.63) is 0 Å². The highest BCUT2D eigenvalue weighted by atomic mass is 16.7. The molecule has 9 atom stereocenters. The summed E-state index contributed by atoms with van der Waals surface area (Å²) in [6, 6.07) is -3.34. The van der Waals surface area contributed by atoms with E-state index in [0.29, 0.717) is 0 Å². The van der Waals surface area contributed by atoms with Crippen LogP contribution in [0.1, 0.15) is 27.7 Å². The maximum atomic E-state index is 11.7. The highest BCUT2D eigenvalue weighted by molar-refractivity contribution is 5.74. The summed E-state index contributed by atoms with van der Waals surface area (Å²) in [6.45, 7) is 3.58. The van der Waals surface area contributed by atoms with Crippen molar-refractivity contribution in [1.82, 2.24) is 16.0 Å². The van der Waals surface area contributed by atoms with Crippen molar-refractivity contribution in [2.75, 3.05) is 13.2 Å². The quantitative estimate of drug-likeness (QED) is 0.160. The summed E-state index contributed by atoms with van der Waals surface area (Å²) in [5.74, 6) is -1.56. The van der Waals surface area contributed by atoms with Gasteiger partial charge in [-0.1, -0.05) is 0 Å². The third-order valence-electron chi connectivity index (χ3n) is 4.81. The van der Waals surface area contributed by atoms with Gasteiger partial charge in [-0.3, -0.25) is 14.4 Å². The topological polar surface area (TPSA) is 207 Å². The molecule has 0 aromatic rings. The van der Waals surface area contributed by atoms with Gasteiger partial charge in [-0.15, -0.1) is 0 Å². The molecule has 8 N–H and O–H groups in total. The number of ether oxygens (including phenoxy) is 2. The smallest absolute Gasteiger partial charge is 0.217 e. The van der Waals surface area contributed by atoms with Crippen LogP contribution in [0.5, 0.6) is 0 Å². The molecular weight excluding hydrogens is 418 g/mol. The zero-order valence-corrected chi connectivity index (χ0v) is 17.9. The fourth-order valence-electron chi connectivity index (χ4n) is 3.37. The van der Waals surface area contributed by atoms with Crippen LogP contribution in [0.3, 0.4) is 0 Å². The van der Waals surface area contributed by atoms with Gasteiger partial charge in [0.05, 0.1) is 31.4 Å². The maximum Gasteiger partial charge on any atom is 0.217 e. The van der Waals surface area contributed by atoms with E-state index in [2.05, 4.69) is 16.0 Å². The van der Waals surface area contributed by atoms with Gasteiger partial charge < -0.3 is 51.0 Å². The molecule has 13 nitrogen and oxygen atoms in total. The predicted octanol–water partition coefficient (Wildman–Crippen LogP) is -4.30. The molecule has 0 aromatic heterocycles. The second-order valence-electron chi connectivity index (χ2n) is 7.48. The fourth-order valence-corrected chi connectivity index (χ4v) is 3.37. The normalized spacial score (nSPS) is 29.9. The van der Waals surface area contributed by atoms with Gasteiger partial charge in [0.15, 0.2) is 6.29 Å². The lowest BCUT2D eigenvalue weighted by Gasteiger charge is -2.46. The molecule has 1 saturated heterocycles. The van der Waals surface area contributed by atoms with Gasteiger partial charge >= 0.3 is 0 Å². The number of aliphatic hydroxyl groups excluding tert-OH is 5. The Bertz CT molecular complexity index is 621. The second kappa shape index (κ2) is 12.2. The Balaban J connectivity index is 3.24. The number of hydrogen-bond donors (Lipinski definition) is 8. The Morgan fingerprint density at radius 1 is 0.968 bits per heavy atom. The van der Waals surface area contributed by atoms with Crippen LogP contribution in [0.15, 0.2) is 0 Å². The van der Waals surface area contributed by atoms with Gasteiger partial charge in [-0.25, -0.2) is 0 Å². The van der Waals surface area contributed by atoms with Crippen molar-refractivity contribution in [2.45, 2.75) is 82.6 Å². The highest BCUT2D eigenvalue weighted by Gasteiger charge is 2.47. The van der Waals surface area contributed by atoms with Crippen molar-refractivity contribution in [1.29, 1.82) is 0 Å². The first-order valence-electron chi connectivity index (χ1n) is 9.81. The summed E-state index contributed by atoms with van der Waals surface area (Å²) in [5.41, 5.74) is 0. The van der Waals surface area contributed by atoms with E-state index in [9.17, 15) is 39.9 Å². The molecular formula is C18H33N3O10. The number of carbonyl (C=O) groups excluding carboxylic acids is 3. The minimum Gasteiger partial charge on any atom is -0.394 e. The molecule has 1 rings (SSSR count). The molecule has 13 heteroatoms. The van der Waals surface area contributed by atoms with Gasteiger partial charge in [0.1, 0.15) is 30.5 Å². The third kappa shape index (κ3) is 7.64. The molecule has 0 spiro atoms. The van der Waals surface area contributed by atoms with Gasteiger partial charge in [-0.2, -0.15) is 0 Å². The zero-order valence-electron chi connectivity index (χ0n) is 17.9. The zero-order chi connectivity index (χ0) is 23.9. The summed E-state index contributed by atoms with van der Waals surface area (Å²) in [4.78, 5) is 34.6. The van der Waals surface area contributed by atoms with Gasteiger partial charge in [0.25, 0.3) is 0 Å². The molecule has 1 fully saturated rings. The molecule has 31 heavy (non-hydrogen) atoms. The molecule has 1 aliphatic heterocycles.